The standard InChI is InChI=1S/C22H22ClN7O/c1-14-26-27-21-4-3-18-19(30(14)21)10-20(22(25)31-13-24)29(18)12-16-7-15(8-17(23)9-16)11-28-5-2-6-28/h3-4,7-10,13,24-25H,2,5-6,11-12H2,1H3. The fourth-order valence-corrected chi connectivity index (χ4v) is 4.48. The Hall–Kier alpha value is -3.23. The second-order valence-electron chi connectivity index (χ2n) is 7.82. The third-order valence-electron chi connectivity index (χ3n) is 5.72. The first kappa shape index (κ1) is 19.7. The molecule has 1 aliphatic rings. The van der Waals surface area contributed by atoms with Gasteiger partial charge in [-0.1, -0.05) is 17.7 Å². The average molecular weight is 436 g/mol. The average Bonchev–Trinajstić information content (AvgIpc) is 3.25. The van der Waals surface area contributed by atoms with Crippen molar-refractivity contribution in [2.45, 2.75) is 26.4 Å². The van der Waals surface area contributed by atoms with Gasteiger partial charge >= 0.3 is 0 Å². The smallest absolute Gasteiger partial charge is 0.237 e. The first-order valence-electron chi connectivity index (χ1n) is 10.1. The summed E-state index contributed by atoms with van der Waals surface area (Å²) in [6.07, 6.45) is 2.02. The number of rotatable bonds is 6. The molecule has 3 aromatic heterocycles. The van der Waals surface area contributed by atoms with Gasteiger partial charge < -0.3 is 9.30 Å². The van der Waals surface area contributed by atoms with Crippen molar-refractivity contribution in [3.63, 3.8) is 0 Å². The number of nitrogens with zero attached hydrogens (tertiary/aromatic N) is 5. The fourth-order valence-electron chi connectivity index (χ4n) is 4.20. The minimum Gasteiger partial charge on any atom is -0.426 e. The van der Waals surface area contributed by atoms with Crippen LogP contribution in [0.15, 0.2) is 36.4 Å². The van der Waals surface area contributed by atoms with E-state index in [1.807, 2.05) is 46.2 Å². The first-order valence-corrected chi connectivity index (χ1v) is 10.5. The van der Waals surface area contributed by atoms with Crippen LogP contribution in [0.1, 0.15) is 29.1 Å². The summed E-state index contributed by atoms with van der Waals surface area (Å²) in [6, 6.07) is 11.9. The minimum atomic E-state index is -0.0899. The van der Waals surface area contributed by atoms with Gasteiger partial charge in [-0.3, -0.25) is 20.1 Å². The van der Waals surface area contributed by atoms with Crippen molar-refractivity contribution in [3.8, 4) is 0 Å². The van der Waals surface area contributed by atoms with Crippen LogP contribution in [0.2, 0.25) is 5.02 Å². The number of fused-ring (bicyclic) bond motifs is 3. The highest BCUT2D eigenvalue weighted by Crippen LogP contribution is 2.26. The second kappa shape index (κ2) is 7.79. The zero-order chi connectivity index (χ0) is 21.5. The van der Waals surface area contributed by atoms with E-state index in [1.165, 1.54) is 12.0 Å². The lowest BCUT2D eigenvalue weighted by Crippen LogP contribution is -2.36. The van der Waals surface area contributed by atoms with E-state index >= 15 is 0 Å². The number of hydrogen-bond donors (Lipinski definition) is 2. The molecule has 4 aromatic rings. The molecule has 0 bridgehead atoms. The second-order valence-corrected chi connectivity index (χ2v) is 8.26. The lowest BCUT2D eigenvalue weighted by molar-refractivity contribution is 0.172. The van der Waals surface area contributed by atoms with Crippen LogP contribution in [0.3, 0.4) is 0 Å². The fraction of sp³-hybridized carbons (Fsp3) is 0.273. The van der Waals surface area contributed by atoms with Gasteiger partial charge in [0, 0.05) is 18.1 Å². The number of hydrogen-bond acceptors (Lipinski definition) is 6. The summed E-state index contributed by atoms with van der Waals surface area (Å²) in [6.45, 7) is 5.55. The van der Waals surface area contributed by atoms with Crippen molar-refractivity contribution in [1.82, 2.24) is 24.1 Å². The van der Waals surface area contributed by atoms with Crippen LogP contribution in [-0.2, 0) is 17.8 Å². The van der Waals surface area contributed by atoms with Gasteiger partial charge in [0.15, 0.2) is 12.0 Å². The molecule has 1 saturated heterocycles. The quantitative estimate of drug-likeness (QED) is 0.355. The van der Waals surface area contributed by atoms with Crippen LogP contribution in [0.5, 0.6) is 0 Å². The molecule has 9 heteroatoms. The van der Waals surface area contributed by atoms with Crippen molar-refractivity contribution in [2.24, 2.45) is 0 Å². The van der Waals surface area contributed by atoms with Crippen molar-refractivity contribution in [2.75, 3.05) is 13.1 Å². The Kier molecular flexibility index (Phi) is 4.95. The Morgan fingerprint density at radius 1 is 1.10 bits per heavy atom. The molecule has 31 heavy (non-hydrogen) atoms. The predicted molar refractivity (Wildman–Crippen MR) is 120 cm³/mol. The minimum absolute atomic E-state index is 0.0899. The molecule has 0 unspecified atom stereocenters. The molecule has 8 nitrogen and oxygen atoms in total. The van der Waals surface area contributed by atoms with Crippen LogP contribution < -0.4 is 0 Å². The molecule has 0 amide bonds. The van der Waals surface area contributed by atoms with E-state index in [2.05, 4.69) is 21.2 Å². The number of halogens is 1. The molecule has 5 rings (SSSR count). The Morgan fingerprint density at radius 3 is 2.58 bits per heavy atom. The van der Waals surface area contributed by atoms with Gasteiger partial charge in [-0.15, -0.1) is 10.2 Å². The van der Waals surface area contributed by atoms with E-state index in [0.717, 1.165) is 54.1 Å². The van der Waals surface area contributed by atoms with Gasteiger partial charge in [0.05, 0.1) is 11.0 Å². The van der Waals surface area contributed by atoms with E-state index in [0.29, 0.717) is 17.3 Å². The number of ether oxygens (including phenoxy) is 1. The number of pyridine rings is 1. The summed E-state index contributed by atoms with van der Waals surface area (Å²) in [5.74, 6) is 0.677. The summed E-state index contributed by atoms with van der Waals surface area (Å²) < 4.78 is 9.08. The predicted octanol–water partition coefficient (Wildman–Crippen LogP) is 3.85. The molecule has 0 atom stereocenters. The molecule has 0 aliphatic carbocycles. The largest absolute Gasteiger partial charge is 0.426 e. The summed E-state index contributed by atoms with van der Waals surface area (Å²) in [7, 11) is 0. The lowest BCUT2D eigenvalue weighted by atomic mass is 10.1. The number of nitrogens with one attached hydrogen (secondary N) is 2. The zero-order valence-corrected chi connectivity index (χ0v) is 17.9. The van der Waals surface area contributed by atoms with Crippen molar-refractivity contribution >= 4 is 40.6 Å². The molecule has 1 aromatic carbocycles. The molecule has 1 aliphatic heterocycles. The molecule has 1 fully saturated rings. The Labute approximate surface area is 184 Å². The van der Waals surface area contributed by atoms with Gasteiger partial charge in [0.1, 0.15) is 11.5 Å². The zero-order valence-electron chi connectivity index (χ0n) is 17.1. The molecule has 158 valence electrons. The topological polar surface area (TPSA) is 95.3 Å². The Bertz CT molecular complexity index is 1320. The number of aryl methyl sites for hydroxylation is 1. The van der Waals surface area contributed by atoms with E-state index in [9.17, 15) is 0 Å². The molecule has 0 radical (unpaired) electrons. The van der Waals surface area contributed by atoms with Crippen LogP contribution in [0, 0.1) is 17.7 Å². The van der Waals surface area contributed by atoms with Gasteiger partial charge in [-0.25, -0.2) is 0 Å². The third kappa shape index (κ3) is 3.58. The highest BCUT2D eigenvalue weighted by atomic mass is 35.5. The molecular formula is C22H22ClN7O. The van der Waals surface area contributed by atoms with Crippen molar-refractivity contribution in [1.29, 1.82) is 10.8 Å². The Balaban J connectivity index is 1.62. The lowest BCUT2D eigenvalue weighted by Gasteiger charge is -2.30. The highest BCUT2D eigenvalue weighted by molar-refractivity contribution is 6.30. The summed E-state index contributed by atoms with van der Waals surface area (Å²) in [5.41, 5.74) is 5.35. The first-order chi connectivity index (χ1) is 15.0. The van der Waals surface area contributed by atoms with Crippen molar-refractivity contribution in [3.05, 3.63) is 64.1 Å². The molecule has 0 saturated carbocycles. The molecule has 2 N–H and O–H groups in total. The van der Waals surface area contributed by atoms with Crippen molar-refractivity contribution < 1.29 is 4.74 Å². The van der Waals surface area contributed by atoms with Crippen LogP contribution >= 0.6 is 11.6 Å². The number of aromatic nitrogens is 4. The van der Waals surface area contributed by atoms with Gasteiger partial charge in [-0.2, -0.15) is 0 Å². The number of benzene rings is 1. The third-order valence-corrected chi connectivity index (χ3v) is 5.94. The SMILES string of the molecule is Cc1nnc2ccc3c(cc(C(=N)OC=N)n3Cc3cc(Cl)cc(CN4CCC4)c3)n12. The summed E-state index contributed by atoms with van der Waals surface area (Å²) >= 11 is 6.44. The normalized spacial score (nSPS) is 14.1. The monoisotopic (exact) mass is 435 g/mol. The van der Waals surface area contributed by atoms with Crippen LogP contribution in [-0.4, -0.2) is 49.5 Å². The highest BCUT2D eigenvalue weighted by Gasteiger charge is 2.19. The van der Waals surface area contributed by atoms with Gasteiger partial charge in [-0.05, 0) is 67.9 Å². The van der Waals surface area contributed by atoms with Gasteiger partial charge in [0.2, 0.25) is 5.90 Å². The molecule has 4 heterocycles. The summed E-state index contributed by atoms with van der Waals surface area (Å²) in [5, 5.41) is 24.7. The molecule has 0 spiro atoms. The van der Waals surface area contributed by atoms with E-state index in [-0.39, 0.29) is 5.90 Å². The van der Waals surface area contributed by atoms with Crippen LogP contribution in [0.25, 0.3) is 16.7 Å². The van der Waals surface area contributed by atoms with E-state index in [1.54, 1.807) is 0 Å². The maximum absolute atomic E-state index is 8.34. The van der Waals surface area contributed by atoms with Gasteiger partial charge in [0.25, 0.3) is 0 Å². The maximum Gasteiger partial charge on any atom is 0.237 e. The molecular weight excluding hydrogens is 414 g/mol. The van der Waals surface area contributed by atoms with Crippen LogP contribution in [0.4, 0.5) is 0 Å². The van der Waals surface area contributed by atoms with E-state index in [4.69, 9.17) is 27.2 Å². The maximum atomic E-state index is 8.34. The van der Waals surface area contributed by atoms with E-state index < -0.39 is 0 Å². The number of likely N-dealkylation sites (tertiary alicyclic amines) is 1. The Morgan fingerprint density at radius 2 is 1.87 bits per heavy atom. The summed E-state index contributed by atoms with van der Waals surface area (Å²) in [4.78, 5) is 2.39.